The van der Waals surface area contributed by atoms with E-state index in [1.165, 1.54) is 26.2 Å². The highest BCUT2D eigenvalue weighted by atomic mass is 32.2. The van der Waals surface area contributed by atoms with Crippen molar-refractivity contribution in [2.75, 3.05) is 19.4 Å². The van der Waals surface area contributed by atoms with E-state index in [1.807, 2.05) is 0 Å². The maximum atomic E-state index is 11.6. The van der Waals surface area contributed by atoms with Crippen molar-refractivity contribution in [2.45, 2.75) is 6.92 Å². The summed E-state index contributed by atoms with van der Waals surface area (Å²) in [6, 6.07) is 6.32. The Labute approximate surface area is 120 Å². The van der Waals surface area contributed by atoms with E-state index in [9.17, 15) is 14.4 Å². The quantitative estimate of drug-likeness (QED) is 0.659. The van der Waals surface area contributed by atoms with Crippen molar-refractivity contribution in [1.29, 1.82) is 0 Å². The van der Waals surface area contributed by atoms with Crippen molar-refractivity contribution >= 4 is 28.9 Å². The summed E-state index contributed by atoms with van der Waals surface area (Å²) < 4.78 is 9.68. The molecule has 0 aliphatic carbocycles. The average molecular weight is 297 g/mol. The topological polar surface area (TPSA) is 81.7 Å². The van der Waals surface area contributed by atoms with Crippen LogP contribution in [0.4, 0.5) is 4.79 Å². The van der Waals surface area contributed by atoms with E-state index in [0.29, 0.717) is 12.3 Å². The first kappa shape index (κ1) is 16.0. The third kappa shape index (κ3) is 5.31. The lowest BCUT2D eigenvalue weighted by molar-refractivity contribution is -0.118. The van der Waals surface area contributed by atoms with Crippen molar-refractivity contribution in [1.82, 2.24) is 5.32 Å². The summed E-state index contributed by atoms with van der Waals surface area (Å²) in [7, 11) is 1.25. The molecule has 0 heterocycles. The maximum absolute atomic E-state index is 11.6. The molecule has 1 N–H and O–H groups in total. The van der Waals surface area contributed by atoms with Crippen molar-refractivity contribution in [3.8, 4) is 5.75 Å². The summed E-state index contributed by atoms with van der Waals surface area (Å²) in [5.74, 6) is -0.193. The Morgan fingerprint density at radius 3 is 2.60 bits per heavy atom. The van der Waals surface area contributed by atoms with Crippen LogP contribution in [-0.4, -0.2) is 36.6 Å². The van der Waals surface area contributed by atoms with Crippen LogP contribution < -0.4 is 10.1 Å². The Kier molecular flexibility index (Phi) is 6.58. The fourth-order valence-corrected chi connectivity index (χ4v) is 1.83. The number of amides is 1. The normalized spacial score (nSPS) is 9.70. The predicted octanol–water partition coefficient (Wildman–Crippen LogP) is 1.84. The van der Waals surface area contributed by atoms with Crippen molar-refractivity contribution < 1.29 is 23.9 Å². The third-order valence-electron chi connectivity index (χ3n) is 2.18. The first-order chi connectivity index (χ1) is 9.54. The second-order valence-electron chi connectivity index (χ2n) is 3.67. The van der Waals surface area contributed by atoms with Gasteiger partial charge in [-0.1, -0.05) is 12.1 Å². The van der Waals surface area contributed by atoms with Gasteiger partial charge in [0.1, 0.15) is 11.3 Å². The zero-order valence-electron chi connectivity index (χ0n) is 11.2. The lowest BCUT2D eigenvalue weighted by Crippen LogP contribution is -2.23. The molecule has 0 aliphatic heterocycles. The van der Waals surface area contributed by atoms with Gasteiger partial charge in [0.2, 0.25) is 5.91 Å². The van der Waals surface area contributed by atoms with Gasteiger partial charge in [0.05, 0.1) is 7.11 Å². The van der Waals surface area contributed by atoms with Crippen LogP contribution in [0.2, 0.25) is 0 Å². The van der Waals surface area contributed by atoms with Gasteiger partial charge in [-0.2, -0.15) is 0 Å². The van der Waals surface area contributed by atoms with Gasteiger partial charge in [-0.25, -0.2) is 9.59 Å². The Morgan fingerprint density at radius 2 is 1.95 bits per heavy atom. The van der Waals surface area contributed by atoms with Crippen LogP contribution >= 0.6 is 11.8 Å². The third-order valence-corrected chi connectivity index (χ3v) is 2.91. The second kappa shape index (κ2) is 8.21. The van der Waals surface area contributed by atoms with Gasteiger partial charge >= 0.3 is 11.3 Å². The predicted molar refractivity (Wildman–Crippen MR) is 74.9 cm³/mol. The molecule has 0 aliphatic rings. The summed E-state index contributed by atoms with van der Waals surface area (Å²) in [4.78, 5) is 33.7. The number of methoxy groups -OCH3 is 1. The van der Waals surface area contributed by atoms with Gasteiger partial charge in [-0.3, -0.25) is 4.79 Å². The molecule has 108 valence electrons. The molecule has 1 rings (SSSR count). The number of benzene rings is 1. The average Bonchev–Trinajstić information content (AvgIpc) is 2.43. The molecule has 0 atom stereocenters. The van der Waals surface area contributed by atoms with Crippen LogP contribution in [0, 0.1) is 0 Å². The lowest BCUT2D eigenvalue weighted by atomic mass is 10.2. The Morgan fingerprint density at radius 1 is 1.25 bits per heavy atom. The smallest absolute Gasteiger partial charge is 0.372 e. The number of nitrogens with one attached hydrogen (secondary N) is 1. The first-order valence-electron chi connectivity index (χ1n) is 5.81. The molecule has 0 spiro atoms. The molecule has 0 saturated heterocycles. The molecule has 1 aromatic rings. The molecule has 0 bridgehead atoms. The van der Waals surface area contributed by atoms with Gasteiger partial charge in [-0.05, 0) is 23.9 Å². The molecule has 1 aromatic carbocycles. The summed E-state index contributed by atoms with van der Waals surface area (Å²) in [5, 5.41) is 2.01. The number of hydrogen-bond donors (Lipinski definition) is 1. The van der Waals surface area contributed by atoms with Crippen LogP contribution in [-0.2, 0) is 9.53 Å². The summed E-state index contributed by atoms with van der Waals surface area (Å²) >= 11 is 0.913. The highest BCUT2D eigenvalue weighted by Gasteiger charge is 2.15. The van der Waals surface area contributed by atoms with E-state index in [2.05, 4.69) is 10.1 Å². The summed E-state index contributed by atoms with van der Waals surface area (Å²) in [6.07, 6.45) is 0. The SMILES string of the molecule is COC(=O)c1ccccc1OC(=O)SCCNC(C)=O. The molecular weight excluding hydrogens is 282 g/mol. The molecular formula is C13H15NO5S. The van der Waals surface area contributed by atoms with Gasteiger partial charge in [-0.15, -0.1) is 0 Å². The minimum absolute atomic E-state index is 0.149. The number of rotatable bonds is 5. The van der Waals surface area contributed by atoms with Crippen LogP contribution in [0.1, 0.15) is 17.3 Å². The van der Waals surface area contributed by atoms with Gasteiger partial charge in [0, 0.05) is 19.2 Å². The zero-order chi connectivity index (χ0) is 15.0. The van der Waals surface area contributed by atoms with Crippen LogP contribution in [0.5, 0.6) is 5.75 Å². The number of ether oxygens (including phenoxy) is 2. The monoisotopic (exact) mass is 297 g/mol. The van der Waals surface area contributed by atoms with Crippen molar-refractivity contribution in [2.24, 2.45) is 0 Å². The minimum atomic E-state index is -0.573. The van der Waals surface area contributed by atoms with Crippen LogP contribution in [0.3, 0.4) is 0 Å². The molecule has 0 aromatic heterocycles. The van der Waals surface area contributed by atoms with E-state index in [4.69, 9.17) is 4.74 Å². The molecule has 1 amide bonds. The van der Waals surface area contributed by atoms with Crippen LogP contribution in [0.15, 0.2) is 24.3 Å². The van der Waals surface area contributed by atoms with E-state index in [-0.39, 0.29) is 17.2 Å². The molecule has 20 heavy (non-hydrogen) atoms. The number of para-hydroxylation sites is 1. The highest BCUT2D eigenvalue weighted by molar-refractivity contribution is 8.13. The minimum Gasteiger partial charge on any atom is -0.465 e. The Bertz CT molecular complexity index is 503. The van der Waals surface area contributed by atoms with E-state index in [0.717, 1.165) is 11.8 Å². The van der Waals surface area contributed by atoms with Crippen LogP contribution in [0.25, 0.3) is 0 Å². The first-order valence-corrected chi connectivity index (χ1v) is 6.79. The fourth-order valence-electron chi connectivity index (χ4n) is 1.31. The number of carbonyl (C=O) groups is 3. The van der Waals surface area contributed by atoms with Crippen molar-refractivity contribution in [3.63, 3.8) is 0 Å². The van der Waals surface area contributed by atoms with Crippen molar-refractivity contribution in [3.05, 3.63) is 29.8 Å². The number of hydrogen-bond acceptors (Lipinski definition) is 6. The standard InChI is InChI=1S/C13H15NO5S/c1-9(15)14-7-8-20-13(17)19-11-6-4-3-5-10(11)12(16)18-2/h3-6H,7-8H2,1-2H3,(H,14,15). The molecule has 6 nitrogen and oxygen atoms in total. The molecule has 0 radical (unpaired) electrons. The second-order valence-corrected chi connectivity index (χ2v) is 4.70. The van der Waals surface area contributed by atoms with Gasteiger partial charge < -0.3 is 14.8 Å². The Hall–Kier alpha value is -2.02. The maximum Gasteiger partial charge on any atom is 0.372 e. The summed E-state index contributed by atoms with van der Waals surface area (Å²) in [6.45, 7) is 1.77. The van der Waals surface area contributed by atoms with E-state index < -0.39 is 11.3 Å². The number of carbonyl (C=O) groups excluding carboxylic acids is 3. The fraction of sp³-hybridized carbons (Fsp3) is 0.308. The van der Waals surface area contributed by atoms with E-state index in [1.54, 1.807) is 12.1 Å². The summed E-state index contributed by atoms with van der Waals surface area (Å²) in [5.41, 5.74) is 0.186. The zero-order valence-corrected chi connectivity index (χ0v) is 12.0. The molecule has 0 saturated carbocycles. The Balaban J connectivity index is 2.53. The molecule has 0 unspecified atom stereocenters. The van der Waals surface area contributed by atoms with Gasteiger partial charge in [0.25, 0.3) is 0 Å². The molecule has 0 fully saturated rings. The number of thioether (sulfide) groups is 1. The molecule has 7 heteroatoms. The van der Waals surface area contributed by atoms with E-state index >= 15 is 0 Å². The lowest BCUT2D eigenvalue weighted by Gasteiger charge is -2.08. The highest BCUT2D eigenvalue weighted by Crippen LogP contribution is 2.21. The van der Waals surface area contributed by atoms with Gasteiger partial charge in [0.15, 0.2) is 0 Å². The largest absolute Gasteiger partial charge is 0.465 e. The number of esters is 1.